The second-order valence-electron chi connectivity index (χ2n) is 4.37. The van der Waals surface area contributed by atoms with Crippen molar-refractivity contribution in [2.75, 3.05) is 25.7 Å². The van der Waals surface area contributed by atoms with Crippen LogP contribution in [0.1, 0.15) is 10.4 Å². The van der Waals surface area contributed by atoms with Gasteiger partial charge < -0.3 is 9.80 Å². The van der Waals surface area contributed by atoms with Crippen molar-refractivity contribution in [3.05, 3.63) is 29.0 Å². The zero-order valence-electron chi connectivity index (χ0n) is 10.7. The molecule has 0 saturated carbocycles. The van der Waals surface area contributed by atoms with Crippen LogP contribution in [0.3, 0.4) is 0 Å². The van der Waals surface area contributed by atoms with Crippen molar-refractivity contribution in [2.24, 2.45) is 0 Å². The van der Waals surface area contributed by atoms with E-state index in [-0.39, 0.29) is 17.0 Å². The van der Waals surface area contributed by atoms with Crippen LogP contribution in [-0.2, 0) is 4.79 Å². The first-order valence-electron chi connectivity index (χ1n) is 5.72. The number of rotatable bonds is 2. The lowest BCUT2D eigenvalue weighted by Crippen LogP contribution is -2.46. The van der Waals surface area contributed by atoms with Crippen LogP contribution in [-0.4, -0.2) is 58.4 Å². The van der Waals surface area contributed by atoms with E-state index in [1.807, 2.05) is 0 Å². The topological polar surface area (TPSA) is 53.5 Å². The Morgan fingerprint density at radius 3 is 2.89 bits per heavy atom. The number of carbonyl (C=O) groups is 2. The summed E-state index contributed by atoms with van der Waals surface area (Å²) in [7, 11) is 3.37. The molecule has 2 rings (SSSR count). The van der Waals surface area contributed by atoms with Crippen molar-refractivity contribution in [3.8, 4) is 0 Å². The molecule has 1 aliphatic rings. The molecule has 0 radical (unpaired) electrons. The Morgan fingerprint density at radius 2 is 2.26 bits per heavy atom. The van der Waals surface area contributed by atoms with Crippen molar-refractivity contribution in [1.82, 2.24) is 14.8 Å². The van der Waals surface area contributed by atoms with E-state index in [9.17, 15) is 9.59 Å². The van der Waals surface area contributed by atoms with Crippen LogP contribution in [0, 0.1) is 0 Å². The van der Waals surface area contributed by atoms with Crippen LogP contribution in [0.15, 0.2) is 18.3 Å². The monoisotopic (exact) mass is 299 g/mol. The first-order valence-corrected chi connectivity index (χ1v) is 7.26. The van der Waals surface area contributed by atoms with Crippen molar-refractivity contribution < 1.29 is 9.59 Å². The molecular weight excluding hydrogens is 286 g/mol. The predicted molar refractivity (Wildman–Crippen MR) is 75.2 cm³/mol. The minimum absolute atomic E-state index is 0.0710. The van der Waals surface area contributed by atoms with Crippen LogP contribution in [0.4, 0.5) is 0 Å². The number of pyridine rings is 1. The normalized spacial score (nSPS) is 18.5. The lowest BCUT2D eigenvalue weighted by atomic mass is 10.2. The standard InChI is InChI=1S/C12H14ClN3O2S/c1-15(2)12(18)9-6-19-7-16(9)11(17)8-4-3-5-14-10(8)13/h3-5,9H,6-7H2,1-2H3. The van der Waals surface area contributed by atoms with Gasteiger partial charge in [0.05, 0.1) is 11.4 Å². The number of carbonyl (C=O) groups excluding carboxylic acids is 2. The maximum absolute atomic E-state index is 12.4. The van der Waals surface area contributed by atoms with Gasteiger partial charge in [-0.1, -0.05) is 11.6 Å². The van der Waals surface area contributed by atoms with Crippen LogP contribution in [0.25, 0.3) is 0 Å². The molecule has 102 valence electrons. The zero-order chi connectivity index (χ0) is 14.0. The fourth-order valence-corrected chi connectivity index (χ4v) is 3.19. The van der Waals surface area contributed by atoms with Crippen LogP contribution < -0.4 is 0 Å². The van der Waals surface area contributed by atoms with E-state index in [0.717, 1.165) is 0 Å². The van der Waals surface area contributed by atoms with Gasteiger partial charge in [0.1, 0.15) is 11.2 Å². The van der Waals surface area contributed by atoms with Gasteiger partial charge in [0.2, 0.25) is 5.91 Å². The SMILES string of the molecule is CN(C)C(=O)C1CSCN1C(=O)c1cccnc1Cl. The lowest BCUT2D eigenvalue weighted by Gasteiger charge is -2.25. The third-order valence-corrected chi connectivity index (χ3v) is 4.17. The summed E-state index contributed by atoms with van der Waals surface area (Å²) in [4.78, 5) is 31.4. The van der Waals surface area contributed by atoms with Crippen molar-refractivity contribution >= 4 is 35.2 Å². The number of nitrogens with zero attached hydrogens (tertiary/aromatic N) is 3. The van der Waals surface area contributed by atoms with Gasteiger partial charge in [-0.3, -0.25) is 9.59 Å². The van der Waals surface area contributed by atoms with Gasteiger partial charge in [-0.05, 0) is 12.1 Å². The van der Waals surface area contributed by atoms with Crippen molar-refractivity contribution in [2.45, 2.75) is 6.04 Å². The number of amides is 2. The molecule has 2 amide bonds. The third-order valence-electron chi connectivity index (χ3n) is 2.86. The van der Waals surface area contributed by atoms with Gasteiger partial charge in [-0.15, -0.1) is 11.8 Å². The summed E-state index contributed by atoms with van der Waals surface area (Å²) in [5.74, 6) is 0.788. The summed E-state index contributed by atoms with van der Waals surface area (Å²) < 4.78 is 0. The first-order chi connectivity index (χ1) is 9.02. The van der Waals surface area contributed by atoms with E-state index in [2.05, 4.69) is 4.98 Å². The van der Waals surface area contributed by atoms with Gasteiger partial charge in [-0.25, -0.2) is 4.98 Å². The molecule has 2 heterocycles. The average Bonchev–Trinajstić information content (AvgIpc) is 2.86. The number of likely N-dealkylation sites (N-methyl/N-ethyl adjacent to an activating group) is 1. The molecular formula is C12H14ClN3O2S. The van der Waals surface area contributed by atoms with Crippen molar-refractivity contribution in [1.29, 1.82) is 0 Å². The first kappa shape index (κ1) is 14.1. The molecule has 1 aromatic heterocycles. The minimum Gasteiger partial charge on any atom is -0.347 e. The van der Waals surface area contributed by atoms with E-state index in [4.69, 9.17) is 11.6 Å². The number of hydrogen-bond acceptors (Lipinski definition) is 4. The fourth-order valence-electron chi connectivity index (χ4n) is 1.85. The van der Waals surface area contributed by atoms with Crippen molar-refractivity contribution in [3.63, 3.8) is 0 Å². The Bertz CT molecular complexity index is 510. The Balaban J connectivity index is 2.24. The van der Waals surface area contributed by atoms with Gasteiger partial charge in [0.15, 0.2) is 0 Å². The molecule has 0 N–H and O–H groups in total. The highest BCUT2D eigenvalue weighted by molar-refractivity contribution is 7.99. The lowest BCUT2D eigenvalue weighted by molar-refractivity contribution is -0.132. The molecule has 1 atom stereocenters. The molecule has 5 nitrogen and oxygen atoms in total. The third kappa shape index (κ3) is 2.84. The predicted octanol–water partition coefficient (Wildman–Crippen LogP) is 1.34. The zero-order valence-corrected chi connectivity index (χ0v) is 12.2. The molecule has 0 aromatic carbocycles. The summed E-state index contributed by atoms with van der Waals surface area (Å²) in [6.45, 7) is 0. The molecule has 1 aliphatic heterocycles. The maximum Gasteiger partial charge on any atom is 0.258 e. The molecule has 1 fully saturated rings. The van der Waals surface area contributed by atoms with Gasteiger partial charge in [-0.2, -0.15) is 0 Å². The summed E-state index contributed by atoms with van der Waals surface area (Å²) >= 11 is 7.49. The van der Waals surface area contributed by atoms with E-state index in [1.54, 1.807) is 42.9 Å². The van der Waals surface area contributed by atoms with Gasteiger partial charge in [0, 0.05) is 26.0 Å². The number of halogens is 1. The van der Waals surface area contributed by atoms with Crippen LogP contribution in [0.5, 0.6) is 0 Å². The molecule has 1 unspecified atom stereocenters. The van der Waals surface area contributed by atoms with E-state index in [1.165, 1.54) is 11.1 Å². The Hall–Kier alpha value is -1.27. The summed E-state index contributed by atoms with van der Waals surface area (Å²) in [5.41, 5.74) is 0.336. The Kier molecular flexibility index (Phi) is 4.31. The summed E-state index contributed by atoms with van der Waals surface area (Å²) in [5, 5.41) is 0.167. The smallest absolute Gasteiger partial charge is 0.258 e. The molecule has 1 aromatic rings. The van der Waals surface area contributed by atoms with E-state index >= 15 is 0 Å². The maximum atomic E-state index is 12.4. The average molecular weight is 300 g/mol. The summed E-state index contributed by atoms with van der Waals surface area (Å²) in [6.07, 6.45) is 1.53. The van der Waals surface area contributed by atoms with Gasteiger partial charge in [0.25, 0.3) is 5.91 Å². The Labute approximate surface area is 120 Å². The van der Waals surface area contributed by atoms with Crippen LogP contribution in [0.2, 0.25) is 5.15 Å². The van der Waals surface area contributed by atoms with E-state index in [0.29, 0.717) is 17.2 Å². The minimum atomic E-state index is -0.427. The molecule has 7 heteroatoms. The highest BCUT2D eigenvalue weighted by atomic mass is 35.5. The number of hydrogen-bond donors (Lipinski definition) is 0. The highest BCUT2D eigenvalue weighted by Crippen LogP contribution is 2.25. The molecule has 1 saturated heterocycles. The second kappa shape index (κ2) is 5.79. The molecule has 0 aliphatic carbocycles. The Morgan fingerprint density at radius 1 is 1.53 bits per heavy atom. The van der Waals surface area contributed by atoms with Crippen LogP contribution >= 0.6 is 23.4 Å². The molecule has 0 spiro atoms. The molecule has 19 heavy (non-hydrogen) atoms. The fraction of sp³-hybridized carbons (Fsp3) is 0.417. The number of aromatic nitrogens is 1. The quantitative estimate of drug-likeness (QED) is 0.773. The highest BCUT2D eigenvalue weighted by Gasteiger charge is 2.36. The second-order valence-corrected chi connectivity index (χ2v) is 5.72. The number of thioether (sulfide) groups is 1. The molecule has 0 bridgehead atoms. The van der Waals surface area contributed by atoms with E-state index < -0.39 is 6.04 Å². The largest absolute Gasteiger partial charge is 0.347 e. The van der Waals surface area contributed by atoms with Gasteiger partial charge >= 0.3 is 0 Å². The summed E-state index contributed by atoms with van der Waals surface area (Å²) in [6, 6.07) is 2.85.